The number of hydrogen-bond acceptors (Lipinski definition) is 4. The molecule has 1 saturated carbocycles. The van der Waals surface area contributed by atoms with Gasteiger partial charge in [0.2, 0.25) is 10.0 Å². The second-order valence-corrected chi connectivity index (χ2v) is 5.92. The summed E-state index contributed by atoms with van der Waals surface area (Å²) in [5.41, 5.74) is 0. The summed E-state index contributed by atoms with van der Waals surface area (Å²) in [6.07, 6.45) is 4.03. The lowest BCUT2D eigenvalue weighted by Crippen LogP contribution is -2.37. The van der Waals surface area contributed by atoms with Crippen molar-refractivity contribution in [3.05, 3.63) is 12.4 Å². The van der Waals surface area contributed by atoms with Crippen molar-refractivity contribution in [1.29, 1.82) is 0 Å². The second kappa shape index (κ2) is 4.11. The molecule has 0 saturated heterocycles. The van der Waals surface area contributed by atoms with E-state index in [1.54, 1.807) is 7.05 Å². The largest absolute Gasteiger partial charge is 0.480 e. The van der Waals surface area contributed by atoms with Gasteiger partial charge in [0.25, 0.3) is 0 Å². The topological polar surface area (TPSA) is 92.5 Å². The van der Waals surface area contributed by atoms with Crippen molar-refractivity contribution in [3.8, 4) is 0 Å². The van der Waals surface area contributed by atoms with Gasteiger partial charge in [0.15, 0.2) is 0 Å². The molecular weight excluding hydrogens is 246 g/mol. The Bertz CT molecular complexity index is 532. The van der Waals surface area contributed by atoms with Crippen LogP contribution >= 0.6 is 0 Å². The molecular formula is C9H13N3O4S. The Kier molecular flexibility index (Phi) is 2.92. The first-order valence-corrected chi connectivity index (χ1v) is 6.57. The zero-order valence-electron chi connectivity index (χ0n) is 9.28. The first-order chi connectivity index (χ1) is 7.91. The van der Waals surface area contributed by atoms with Crippen LogP contribution in [0.25, 0.3) is 0 Å². The van der Waals surface area contributed by atoms with E-state index in [1.807, 2.05) is 0 Å². The third-order valence-corrected chi connectivity index (χ3v) is 4.38. The van der Waals surface area contributed by atoms with Gasteiger partial charge in [0, 0.05) is 19.3 Å². The average molecular weight is 259 g/mol. The fourth-order valence-electron chi connectivity index (χ4n) is 1.57. The minimum atomic E-state index is -3.74. The summed E-state index contributed by atoms with van der Waals surface area (Å²) in [5.74, 6) is -1.15. The Labute approximate surface area is 98.7 Å². The summed E-state index contributed by atoms with van der Waals surface area (Å²) in [5, 5.41) is 12.5. The van der Waals surface area contributed by atoms with E-state index in [0.717, 1.165) is 4.31 Å². The van der Waals surface area contributed by atoms with Crippen LogP contribution in [0, 0.1) is 0 Å². The van der Waals surface area contributed by atoms with Crippen LogP contribution in [0.1, 0.15) is 12.8 Å². The molecule has 1 aliphatic carbocycles. The molecule has 1 aromatic rings. The number of aromatic nitrogens is 2. The standard InChI is InChI=1S/C9H13N3O4S/c1-11-5-8(4-10-11)17(15,16)12(6-9(13)14)7-2-3-7/h4-5,7H,2-3,6H2,1H3,(H,13,14). The van der Waals surface area contributed by atoms with Crippen LogP contribution in [0.4, 0.5) is 0 Å². The summed E-state index contributed by atoms with van der Waals surface area (Å²) in [6.45, 7) is -0.498. The van der Waals surface area contributed by atoms with Crippen molar-refractivity contribution >= 4 is 16.0 Å². The normalized spacial score (nSPS) is 16.4. The summed E-state index contributed by atoms with van der Waals surface area (Å²) >= 11 is 0. The number of nitrogens with zero attached hydrogens (tertiary/aromatic N) is 3. The maximum Gasteiger partial charge on any atom is 0.318 e. The summed E-state index contributed by atoms with van der Waals surface area (Å²) in [6, 6.07) is -0.184. The molecule has 0 amide bonds. The van der Waals surface area contributed by atoms with Crippen LogP contribution in [0.15, 0.2) is 17.3 Å². The Morgan fingerprint density at radius 2 is 2.29 bits per heavy atom. The molecule has 0 atom stereocenters. The highest BCUT2D eigenvalue weighted by molar-refractivity contribution is 7.89. The van der Waals surface area contributed by atoms with Gasteiger partial charge >= 0.3 is 5.97 Å². The lowest BCUT2D eigenvalue weighted by Gasteiger charge is -2.18. The maximum absolute atomic E-state index is 12.2. The first-order valence-electron chi connectivity index (χ1n) is 5.13. The number of carbonyl (C=O) groups is 1. The molecule has 0 aromatic carbocycles. The highest BCUT2D eigenvalue weighted by atomic mass is 32.2. The van der Waals surface area contributed by atoms with Gasteiger partial charge in [-0.15, -0.1) is 0 Å². The Morgan fingerprint density at radius 1 is 1.65 bits per heavy atom. The number of carboxylic acids is 1. The quantitative estimate of drug-likeness (QED) is 0.780. The van der Waals surface area contributed by atoms with Crippen molar-refractivity contribution in [2.75, 3.05) is 6.54 Å². The molecule has 0 bridgehead atoms. The van der Waals surface area contributed by atoms with E-state index < -0.39 is 22.5 Å². The number of hydrogen-bond donors (Lipinski definition) is 1. The van der Waals surface area contributed by atoms with Gasteiger partial charge < -0.3 is 5.11 Å². The number of aryl methyl sites for hydroxylation is 1. The molecule has 0 radical (unpaired) electrons. The lowest BCUT2D eigenvalue weighted by atomic mass is 10.6. The van der Waals surface area contributed by atoms with Gasteiger partial charge in [0.05, 0.1) is 6.20 Å². The van der Waals surface area contributed by atoms with Gasteiger partial charge in [-0.25, -0.2) is 8.42 Å². The Hall–Kier alpha value is -1.41. The number of sulfonamides is 1. The lowest BCUT2D eigenvalue weighted by molar-refractivity contribution is -0.137. The smallest absolute Gasteiger partial charge is 0.318 e. The zero-order chi connectivity index (χ0) is 12.6. The van der Waals surface area contributed by atoms with Crippen LogP contribution in [-0.4, -0.2) is 46.2 Å². The summed E-state index contributed by atoms with van der Waals surface area (Å²) in [7, 11) is -2.13. The maximum atomic E-state index is 12.2. The molecule has 1 heterocycles. The minimum Gasteiger partial charge on any atom is -0.480 e. The molecule has 0 unspecified atom stereocenters. The SMILES string of the molecule is Cn1cc(S(=O)(=O)N(CC(=O)O)C2CC2)cn1. The molecule has 1 aliphatic rings. The monoisotopic (exact) mass is 259 g/mol. The molecule has 17 heavy (non-hydrogen) atoms. The van der Waals surface area contributed by atoms with E-state index in [9.17, 15) is 13.2 Å². The molecule has 1 N–H and O–H groups in total. The fourth-order valence-corrected chi connectivity index (χ4v) is 3.19. The van der Waals surface area contributed by atoms with Crippen molar-refractivity contribution in [3.63, 3.8) is 0 Å². The van der Waals surface area contributed by atoms with Crippen LogP contribution in [-0.2, 0) is 21.9 Å². The van der Waals surface area contributed by atoms with Crippen LogP contribution in [0.3, 0.4) is 0 Å². The van der Waals surface area contributed by atoms with Gasteiger partial charge in [0.1, 0.15) is 11.4 Å². The summed E-state index contributed by atoms with van der Waals surface area (Å²) < 4.78 is 26.8. The van der Waals surface area contributed by atoms with E-state index in [4.69, 9.17) is 5.11 Å². The van der Waals surface area contributed by atoms with Crippen LogP contribution in [0.5, 0.6) is 0 Å². The van der Waals surface area contributed by atoms with Gasteiger partial charge in [-0.3, -0.25) is 9.48 Å². The van der Waals surface area contributed by atoms with Crippen molar-refractivity contribution in [1.82, 2.24) is 14.1 Å². The summed E-state index contributed by atoms with van der Waals surface area (Å²) in [4.78, 5) is 10.7. The molecule has 0 aliphatic heterocycles. The predicted molar refractivity (Wildman–Crippen MR) is 57.8 cm³/mol. The van der Waals surface area contributed by atoms with Gasteiger partial charge in [-0.05, 0) is 12.8 Å². The van der Waals surface area contributed by atoms with Gasteiger partial charge in [-0.2, -0.15) is 9.40 Å². The van der Waals surface area contributed by atoms with E-state index in [0.29, 0.717) is 12.8 Å². The number of aliphatic carboxylic acids is 1. The third kappa shape index (κ3) is 2.47. The predicted octanol–water partition coefficient (Wildman–Crippen LogP) is -0.342. The number of carboxylic acid groups (broad SMARTS) is 1. The molecule has 1 fully saturated rings. The molecule has 94 valence electrons. The molecule has 2 rings (SSSR count). The van der Waals surface area contributed by atoms with Crippen molar-refractivity contribution < 1.29 is 18.3 Å². The average Bonchev–Trinajstić information content (AvgIpc) is 2.96. The highest BCUT2D eigenvalue weighted by Crippen LogP contribution is 2.31. The Balaban J connectivity index is 2.31. The van der Waals surface area contributed by atoms with E-state index in [-0.39, 0.29) is 10.9 Å². The van der Waals surface area contributed by atoms with E-state index >= 15 is 0 Å². The van der Waals surface area contributed by atoms with E-state index in [2.05, 4.69) is 5.10 Å². The molecule has 8 heteroatoms. The van der Waals surface area contributed by atoms with Crippen molar-refractivity contribution in [2.45, 2.75) is 23.8 Å². The van der Waals surface area contributed by atoms with Crippen LogP contribution in [0.2, 0.25) is 0 Å². The fraction of sp³-hybridized carbons (Fsp3) is 0.556. The Morgan fingerprint density at radius 3 is 2.71 bits per heavy atom. The number of rotatable bonds is 5. The van der Waals surface area contributed by atoms with Crippen molar-refractivity contribution in [2.24, 2.45) is 7.05 Å². The van der Waals surface area contributed by atoms with E-state index in [1.165, 1.54) is 17.1 Å². The van der Waals surface area contributed by atoms with Crippen LogP contribution < -0.4 is 0 Å². The minimum absolute atomic E-state index is 0.0353. The second-order valence-electron chi connectivity index (χ2n) is 4.02. The molecule has 7 nitrogen and oxygen atoms in total. The van der Waals surface area contributed by atoms with Gasteiger partial charge in [-0.1, -0.05) is 0 Å². The third-order valence-electron chi connectivity index (χ3n) is 2.53. The first kappa shape index (κ1) is 12.1. The molecule has 1 aromatic heterocycles. The zero-order valence-corrected chi connectivity index (χ0v) is 10.1. The highest BCUT2D eigenvalue weighted by Gasteiger charge is 2.39. The molecule has 0 spiro atoms.